The van der Waals surface area contributed by atoms with Gasteiger partial charge in [-0.05, 0) is 163 Å². The average Bonchev–Trinajstić information content (AvgIpc) is 3.64. The Morgan fingerprint density at radius 3 is 1.87 bits per heavy atom. The maximum absolute atomic E-state index is 2.69. The molecule has 4 aliphatic carbocycles. The normalized spacial score (nSPS) is 21.8. The van der Waals surface area contributed by atoms with Crippen LogP contribution in [0.25, 0.3) is 11.1 Å². The highest BCUT2D eigenvalue weighted by Crippen LogP contribution is 2.75. The van der Waals surface area contributed by atoms with Gasteiger partial charge in [-0.15, -0.1) is 0 Å². The van der Waals surface area contributed by atoms with Gasteiger partial charge in [0, 0.05) is 80.5 Å². The summed E-state index contributed by atoms with van der Waals surface area (Å²) < 4.78 is 0. The molecule has 1 spiro atoms. The molecule has 0 N–H and O–H groups in total. The molecule has 2 heterocycles. The maximum Gasteiger partial charge on any atom is 0.252 e. The highest BCUT2D eigenvalue weighted by molar-refractivity contribution is 7.77. The van der Waals surface area contributed by atoms with Crippen molar-refractivity contribution in [2.75, 3.05) is 21.0 Å². The molecule has 5 unspecified atom stereocenters. The van der Waals surface area contributed by atoms with E-state index in [4.69, 9.17) is 0 Å². The second kappa shape index (κ2) is 14.4. The Bertz CT molecular complexity index is 3350. The molecule has 67 heavy (non-hydrogen) atoms. The third kappa shape index (κ3) is 5.44. The lowest BCUT2D eigenvalue weighted by molar-refractivity contribution is 0.0147. The van der Waals surface area contributed by atoms with Gasteiger partial charge in [0.25, 0.3) is 6.71 Å². The van der Waals surface area contributed by atoms with Crippen LogP contribution in [0.15, 0.2) is 186 Å². The van der Waals surface area contributed by atoms with Crippen LogP contribution in [0.3, 0.4) is 0 Å². The number of allylic oxidation sites excluding steroid dienone is 2. The number of hydrogen-bond acceptors (Lipinski definition) is 3. The molecule has 6 aliphatic rings. The molecule has 5 heteroatoms. The van der Waals surface area contributed by atoms with E-state index in [0.29, 0.717) is 5.92 Å². The van der Waals surface area contributed by atoms with E-state index in [0.717, 1.165) is 34.8 Å². The molecule has 0 saturated heterocycles. The van der Waals surface area contributed by atoms with Gasteiger partial charge in [-0.2, -0.15) is 0 Å². The first-order chi connectivity index (χ1) is 32.8. The minimum absolute atomic E-state index is 0.0249. The Morgan fingerprint density at radius 1 is 0.552 bits per heavy atom. The van der Waals surface area contributed by atoms with Gasteiger partial charge in [0.15, 0.2) is 4.90 Å². The van der Waals surface area contributed by atoms with Gasteiger partial charge >= 0.3 is 0 Å². The molecule has 0 bridgehead atoms. The Labute approximate surface area is 399 Å². The van der Waals surface area contributed by atoms with E-state index in [1.54, 1.807) is 11.1 Å². The van der Waals surface area contributed by atoms with E-state index in [2.05, 4.69) is 225 Å². The Kier molecular flexibility index (Phi) is 8.49. The number of anilines is 9. The Balaban J connectivity index is 0.993. The molecule has 8 aromatic rings. The number of aryl methyl sites for hydroxylation is 3. The summed E-state index contributed by atoms with van der Waals surface area (Å²) in [6.45, 7) is 9.05. The van der Waals surface area contributed by atoms with Crippen molar-refractivity contribution in [3.05, 3.63) is 209 Å². The summed E-state index contributed by atoms with van der Waals surface area (Å²) in [5, 5.41) is 0. The number of hydrogen-bond donors (Lipinski definition) is 0. The molecule has 2 aliphatic heterocycles. The van der Waals surface area contributed by atoms with Gasteiger partial charge in [-0.25, -0.2) is 0 Å². The molecular weight excluding hydrogens is 830 g/mol. The first-order valence-electron chi connectivity index (χ1n) is 24.4. The Hall–Kier alpha value is -6.69. The highest BCUT2D eigenvalue weighted by atomic mass is 32.2. The van der Waals surface area contributed by atoms with Gasteiger partial charge in [0.05, 0.1) is 0 Å². The number of nitrogens with zero attached hydrogens (tertiary/aromatic N) is 3. The topological polar surface area (TPSA) is 9.72 Å². The molecule has 0 amide bonds. The van der Waals surface area contributed by atoms with E-state index in [-0.39, 0.29) is 12.1 Å². The molecule has 8 aromatic carbocycles. The van der Waals surface area contributed by atoms with Crippen molar-refractivity contribution in [2.24, 2.45) is 23.7 Å². The predicted molar refractivity (Wildman–Crippen MR) is 285 cm³/mol. The van der Waals surface area contributed by atoms with Crippen LogP contribution in [0.2, 0.25) is 0 Å². The minimum atomic E-state index is -0.0249. The summed E-state index contributed by atoms with van der Waals surface area (Å²) in [5.74, 6) is 2.91. The summed E-state index contributed by atoms with van der Waals surface area (Å²) in [5.41, 5.74) is 26.2. The maximum atomic E-state index is 2.69. The van der Waals surface area contributed by atoms with Crippen LogP contribution < -0.4 is 31.1 Å². The molecule has 5 atom stereocenters. The summed E-state index contributed by atoms with van der Waals surface area (Å²) >= 11 is 1.23. The molecule has 2 saturated carbocycles. The SMILES string of the molecule is C[SH+]c1cc2c3c(c1)N(c1ccc(C)cc1)c1cc(N(c4ccc(C)cc4)c4ccc(C)cc4)ccc1B3c1ccccc1N2c1ccc2c(c1)C1(C3=CC4CC(C)CC1C34)c1ccccc1-2. The number of fused-ring (bicyclic) bond motifs is 11. The lowest BCUT2D eigenvalue weighted by Gasteiger charge is -2.67. The van der Waals surface area contributed by atoms with E-state index in [1.807, 2.05) is 0 Å². The summed E-state index contributed by atoms with van der Waals surface area (Å²) in [6.07, 6.45) is 7.63. The zero-order chi connectivity index (χ0) is 44.9. The lowest BCUT2D eigenvalue weighted by Crippen LogP contribution is -2.63. The minimum Gasteiger partial charge on any atom is -0.311 e. The van der Waals surface area contributed by atoms with Crippen molar-refractivity contribution in [2.45, 2.75) is 50.8 Å². The summed E-state index contributed by atoms with van der Waals surface area (Å²) in [7, 11) is 0. The lowest BCUT2D eigenvalue weighted by atomic mass is 9.33. The van der Waals surface area contributed by atoms with Gasteiger partial charge in [0.2, 0.25) is 0 Å². The third-order valence-corrected chi connectivity index (χ3v) is 17.4. The number of thiol groups is 1. The highest BCUT2D eigenvalue weighted by Gasteiger charge is 2.69. The van der Waals surface area contributed by atoms with Gasteiger partial charge < -0.3 is 14.7 Å². The zero-order valence-corrected chi connectivity index (χ0v) is 39.7. The van der Waals surface area contributed by atoms with Crippen LogP contribution in [0.5, 0.6) is 0 Å². The van der Waals surface area contributed by atoms with Gasteiger partial charge in [-0.1, -0.05) is 126 Å². The van der Waals surface area contributed by atoms with E-state index in [9.17, 15) is 0 Å². The van der Waals surface area contributed by atoms with Crippen LogP contribution in [-0.2, 0) is 17.2 Å². The fourth-order valence-electron chi connectivity index (χ4n) is 13.8. The monoisotopic (exact) mass is 882 g/mol. The summed E-state index contributed by atoms with van der Waals surface area (Å²) in [6, 6.07) is 65.5. The van der Waals surface area contributed by atoms with Crippen molar-refractivity contribution < 1.29 is 0 Å². The van der Waals surface area contributed by atoms with Crippen molar-refractivity contribution in [3.63, 3.8) is 0 Å². The predicted octanol–water partition coefficient (Wildman–Crippen LogP) is 13.5. The molecule has 0 aromatic heterocycles. The fourth-order valence-corrected chi connectivity index (χ4v) is 14.3. The zero-order valence-electron chi connectivity index (χ0n) is 38.8. The second-order valence-electron chi connectivity index (χ2n) is 20.4. The molecular formula is C62H53BN3S+. The number of para-hydroxylation sites is 1. The van der Waals surface area contributed by atoms with Crippen LogP contribution in [-0.4, -0.2) is 13.0 Å². The molecule has 14 rings (SSSR count). The van der Waals surface area contributed by atoms with Crippen molar-refractivity contribution in [3.8, 4) is 11.1 Å². The standard InChI is InChI=1S/C62H52BN3S/c1-37-14-20-42(21-15-37)64(43-22-16-38(2)17-23-43)46-27-29-55-57(34-46)65(44-24-18-39(3)19-25-44)58-35-47(67-5)36-59-61(58)63(55)54-12-8-9-13-56(54)66(59)45-26-28-49-48-10-6-7-11-50(48)62(51(49)33-45)52-31-40(4)30-41-32-53(62)60(41)52/h6-29,32-36,40-41,52,60H,30-31H2,1-5H3/p+1. The van der Waals surface area contributed by atoms with Crippen LogP contribution in [0.4, 0.5) is 51.2 Å². The molecule has 324 valence electrons. The van der Waals surface area contributed by atoms with E-state index in [1.165, 1.54) is 113 Å². The van der Waals surface area contributed by atoms with Crippen molar-refractivity contribution in [1.82, 2.24) is 0 Å². The molecule has 2 fully saturated rings. The van der Waals surface area contributed by atoms with Crippen LogP contribution in [0, 0.1) is 44.4 Å². The van der Waals surface area contributed by atoms with Gasteiger partial charge in [-0.3, -0.25) is 0 Å². The smallest absolute Gasteiger partial charge is 0.252 e. The quantitative estimate of drug-likeness (QED) is 0.0713. The fraction of sp³-hybridized carbons (Fsp3) is 0.194. The number of benzene rings is 8. The largest absolute Gasteiger partial charge is 0.311 e. The summed E-state index contributed by atoms with van der Waals surface area (Å²) in [4.78, 5) is 8.94. The van der Waals surface area contributed by atoms with Crippen LogP contribution >= 0.6 is 0 Å². The number of rotatable bonds is 6. The third-order valence-electron chi connectivity index (χ3n) is 16.7. The Morgan fingerprint density at radius 2 is 1.15 bits per heavy atom. The van der Waals surface area contributed by atoms with Crippen LogP contribution in [0.1, 0.15) is 47.6 Å². The van der Waals surface area contributed by atoms with E-state index < -0.39 is 0 Å². The molecule has 0 radical (unpaired) electrons. The first-order valence-corrected chi connectivity index (χ1v) is 25.7. The van der Waals surface area contributed by atoms with E-state index >= 15 is 0 Å². The van der Waals surface area contributed by atoms with Crippen molar-refractivity contribution >= 4 is 86.0 Å². The van der Waals surface area contributed by atoms with Crippen molar-refractivity contribution in [1.29, 1.82) is 0 Å². The second-order valence-corrected chi connectivity index (χ2v) is 21.4. The van der Waals surface area contributed by atoms with Gasteiger partial charge in [0.1, 0.15) is 6.26 Å². The average molecular weight is 883 g/mol. The first kappa shape index (κ1) is 39.5. The molecule has 3 nitrogen and oxygen atoms in total.